The van der Waals surface area contributed by atoms with Crippen LogP contribution in [0.3, 0.4) is 0 Å². The normalized spacial score (nSPS) is 11.4. The molecule has 3 nitrogen and oxygen atoms in total. The van der Waals surface area contributed by atoms with E-state index in [0.29, 0.717) is 5.92 Å². The van der Waals surface area contributed by atoms with Crippen LogP contribution in [0, 0.1) is 5.92 Å². The van der Waals surface area contributed by atoms with Crippen LogP contribution in [0.15, 0.2) is 12.1 Å². The summed E-state index contributed by atoms with van der Waals surface area (Å²) in [5.41, 5.74) is 2.49. The molecule has 0 radical (unpaired) electrons. The number of nitrogens with one attached hydrogen (secondary N) is 1. The molecular weight excluding hydrogens is 234 g/mol. The molecule has 1 N–H and O–H groups in total. The Labute approximate surface area is 118 Å². The summed E-state index contributed by atoms with van der Waals surface area (Å²) in [6.45, 7) is 10.9. The van der Waals surface area contributed by atoms with Crippen molar-refractivity contribution < 1.29 is 0 Å². The van der Waals surface area contributed by atoms with Crippen LogP contribution in [0.25, 0.3) is 0 Å². The summed E-state index contributed by atoms with van der Waals surface area (Å²) >= 11 is 0. The summed E-state index contributed by atoms with van der Waals surface area (Å²) in [6.07, 6.45) is 1.20. The molecule has 0 saturated carbocycles. The highest BCUT2D eigenvalue weighted by Crippen LogP contribution is 2.20. The van der Waals surface area contributed by atoms with Gasteiger partial charge in [0.25, 0.3) is 0 Å². The van der Waals surface area contributed by atoms with Crippen molar-refractivity contribution in [3.05, 3.63) is 23.4 Å². The van der Waals surface area contributed by atoms with Crippen molar-refractivity contribution in [1.82, 2.24) is 10.3 Å². The number of aromatic nitrogens is 1. The maximum atomic E-state index is 4.79. The number of anilines is 1. The quantitative estimate of drug-likeness (QED) is 0.817. The Bertz CT molecular complexity index is 386. The standard InChI is InChI=1S/C16H29N3/c1-12(2)7-8-19(6)16-10-14(11-17-5)9-15(18-16)13(3)4/h9-10,12-13,17H,7-8,11H2,1-6H3. The van der Waals surface area contributed by atoms with Gasteiger partial charge >= 0.3 is 0 Å². The highest BCUT2D eigenvalue weighted by atomic mass is 15.2. The van der Waals surface area contributed by atoms with Crippen molar-refractivity contribution in [3.63, 3.8) is 0 Å². The highest BCUT2D eigenvalue weighted by molar-refractivity contribution is 5.42. The van der Waals surface area contributed by atoms with Gasteiger partial charge in [0.1, 0.15) is 5.82 Å². The molecule has 1 rings (SSSR count). The van der Waals surface area contributed by atoms with E-state index >= 15 is 0 Å². The van der Waals surface area contributed by atoms with Gasteiger partial charge in [0.05, 0.1) is 0 Å². The zero-order chi connectivity index (χ0) is 14.4. The average Bonchev–Trinajstić information content (AvgIpc) is 2.35. The van der Waals surface area contributed by atoms with Crippen molar-refractivity contribution in [1.29, 1.82) is 0 Å². The van der Waals surface area contributed by atoms with Gasteiger partial charge in [0.2, 0.25) is 0 Å². The molecule has 0 saturated heterocycles. The van der Waals surface area contributed by atoms with Crippen molar-refractivity contribution in [2.75, 3.05) is 25.5 Å². The van der Waals surface area contributed by atoms with Gasteiger partial charge in [0.15, 0.2) is 0 Å². The molecular formula is C16H29N3. The lowest BCUT2D eigenvalue weighted by Crippen LogP contribution is -2.22. The summed E-state index contributed by atoms with van der Waals surface area (Å²) in [6, 6.07) is 4.41. The van der Waals surface area contributed by atoms with Gasteiger partial charge in [-0.05, 0) is 43.0 Å². The molecule has 0 amide bonds. The fourth-order valence-corrected chi connectivity index (χ4v) is 1.96. The number of nitrogens with zero attached hydrogens (tertiary/aromatic N) is 2. The van der Waals surface area contributed by atoms with Crippen LogP contribution in [0.1, 0.15) is 51.3 Å². The Kier molecular flexibility index (Phi) is 6.29. The molecule has 0 aliphatic carbocycles. The zero-order valence-electron chi connectivity index (χ0n) is 13.3. The largest absolute Gasteiger partial charge is 0.360 e. The Morgan fingerprint density at radius 1 is 1.21 bits per heavy atom. The lowest BCUT2D eigenvalue weighted by atomic mass is 10.1. The van der Waals surface area contributed by atoms with E-state index in [9.17, 15) is 0 Å². The lowest BCUT2D eigenvalue weighted by Gasteiger charge is -2.21. The molecule has 0 aromatic carbocycles. The summed E-state index contributed by atoms with van der Waals surface area (Å²) in [5, 5.41) is 3.22. The molecule has 0 fully saturated rings. The van der Waals surface area contributed by atoms with Crippen LogP contribution in [0.2, 0.25) is 0 Å². The molecule has 0 aliphatic heterocycles. The van der Waals surface area contributed by atoms with Crippen molar-refractivity contribution >= 4 is 5.82 Å². The van der Waals surface area contributed by atoms with Gasteiger partial charge in [0, 0.05) is 25.8 Å². The van der Waals surface area contributed by atoms with Gasteiger partial charge in [-0.1, -0.05) is 27.7 Å². The molecule has 1 aromatic rings. The second-order valence-electron chi connectivity index (χ2n) is 6.05. The average molecular weight is 263 g/mol. The molecule has 1 heterocycles. The summed E-state index contributed by atoms with van der Waals surface area (Å²) in [4.78, 5) is 7.06. The Morgan fingerprint density at radius 2 is 1.89 bits per heavy atom. The van der Waals surface area contributed by atoms with E-state index in [2.05, 4.69) is 57.1 Å². The van der Waals surface area contributed by atoms with Crippen LogP contribution in [-0.4, -0.2) is 25.6 Å². The Balaban J connectivity index is 2.91. The van der Waals surface area contributed by atoms with Crippen LogP contribution < -0.4 is 10.2 Å². The fourth-order valence-electron chi connectivity index (χ4n) is 1.96. The lowest BCUT2D eigenvalue weighted by molar-refractivity contribution is 0.583. The van der Waals surface area contributed by atoms with Gasteiger partial charge in [-0.25, -0.2) is 4.98 Å². The number of rotatable bonds is 7. The second-order valence-corrected chi connectivity index (χ2v) is 6.05. The van der Waals surface area contributed by atoms with Crippen molar-refractivity contribution in [2.45, 2.75) is 46.6 Å². The third kappa shape index (κ3) is 5.19. The van der Waals surface area contributed by atoms with E-state index in [0.717, 1.165) is 24.8 Å². The second kappa shape index (κ2) is 7.49. The molecule has 108 valence electrons. The van der Waals surface area contributed by atoms with E-state index in [1.165, 1.54) is 17.7 Å². The van der Waals surface area contributed by atoms with Crippen LogP contribution >= 0.6 is 0 Å². The zero-order valence-corrected chi connectivity index (χ0v) is 13.3. The minimum absolute atomic E-state index is 0.467. The molecule has 0 spiro atoms. The first-order valence-electron chi connectivity index (χ1n) is 7.30. The molecule has 1 aromatic heterocycles. The minimum Gasteiger partial charge on any atom is -0.360 e. The van der Waals surface area contributed by atoms with Crippen LogP contribution in [0.4, 0.5) is 5.82 Å². The van der Waals surface area contributed by atoms with E-state index < -0.39 is 0 Å². The molecule has 0 aliphatic rings. The molecule has 0 unspecified atom stereocenters. The highest BCUT2D eigenvalue weighted by Gasteiger charge is 2.09. The first kappa shape index (κ1) is 16.0. The number of hydrogen-bond acceptors (Lipinski definition) is 3. The maximum absolute atomic E-state index is 4.79. The molecule has 0 bridgehead atoms. The molecule has 19 heavy (non-hydrogen) atoms. The summed E-state index contributed by atoms with van der Waals surface area (Å²) < 4.78 is 0. The van der Waals surface area contributed by atoms with Gasteiger partial charge in [-0.3, -0.25) is 0 Å². The van der Waals surface area contributed by atoms with E-state index in [4.69, 9.17) is 4.98 Å². The Hall–Kier alpha value is -1.09. The van der Waals surface area contributed by atoms with Gasteiger partial charge in [-0.15, -0.1) is 0 Å². The first-order valence-corrected chi connectivity index (χ1v) is 7.30. The van der Waals surface area contributed by atoms with Crippen LogP contribution in [-0.2, 0) is 6.54 Å². The third-order valence-corrected chi connectivity index (χ3v) is 3.30. The predicted octanol–water partition coefficient (Wildman–Crippen LogP) is 3.41. The summed E-state index contributed by atoms with van der Waals surface area (Å²) in [7, 11) is 4.12. The number of hydrogen-bond donors (Lipinski definition) is 1. The van der Waals surface area contributed by atoms with Gasteiger partial charge < -0.3 is 10.2 Å². The molecule has 0 atom stereocenters. The maximum Gasteiger partial charge on any atom is 0.128 e. The van der Waals surface area contributed by atoms with Crippen LogP contribution in [0.5, 0.6) is 0 Å². The van der Waals surface area contributed by atoms with E-state index in [1.807, 2.05) is 7.05 Å². The van der Waals surface area contributed by atoms with E-state index in [-0.39, 0.29) is 0 Å². The smallest absolute Gasteiger partial charge is 0.128 e. The first-order chi connectivity index (χ1) is 8.93. The fraction of sp³-hybridized carbons (Fsp3) is 0.688. The monoisotopic (exact) mass is 263 g/mol. The minimum atomic E-state index is 0.467. The Morgan fingerprint density at radius 3 is 2.42 bits per heavy atom. The van der Waals surface area contributed by atoms with E-state index in [1.54, 1.807) is 0 Å². The summed E-state index contributed by atoms with van der Waals surface area (Å²) in [5.74, 6) is 2.29. The predicted molar refractivity (Wildman–Crippen MR) is 83.8 cm³/mol. The number of pyridine rings is 1. The van der Waals surface area contributed by atoms with Crippen molar-refractivity contribution in [2.24, 2.45) is 5.92 Å². The molecule has 3 heteroatoms. The third-order valence-electron chi connectivity index (χ3n) is 3.30. The van der Waals surface area contributed by atoms with Crippen molar-refractivity contribution in [3.8, 4) is 0 Å². The SMILES string of the molecule is CNCc1cc(C(C)C)nc(N(C)CCC(C)C)c1. The van der Waals surface area contributed by atoms with Gasteiger partial charge in [-0.2, -0.15) is 0 Å². The topological polar surface area (TPSA) is 28.2 Å².